The Morgan fingerprint density at radius 3 is 2.57 bits per heavy atom. The van der Waals surface area contributed by atoms with E-state index in [0.717, 1.165) is 42.1 Å². The lowest BCUT2D eigenvalue weighted by Crippen LogP contribution is -2.42. The zero-order chi connectivity index (χ0) is 19.7. The van der Waals surface area contributed by atoms with Crippen molar-refractivity contribution in [2.24, 2.45) is 0 Å². The monoisotopic (exact) mass is 383 g/mol. The molecule has 0 bridgehead atoms. The minimum atomic E-state index is -0.495. The van der Waals surface area contributed by atoms with E-state index in [2.05, 4.69) is 15.5 Å². The predicted molar refractivity (Wildman–Crippen MR) is 111 cm³/mol. The lowest BCUT2D eigenvalue weighted by Gasteiger charge is -2.28. The van der Waals surface area contributed by atoms with Crippen LogP contribution in [0.3, 0.4) is 0 Å². The largest absolute Gasteiger partial charge is 0.444 e. The fraction of sp³-hybridized carbons (Fsp3) is 0.571. The van der Waals surface area contributed by atoms with Crippen molar-refractivity contribution in [3.05, 3.63) is 24.3 Å². The molecular formula is C21H29N5O2. The summed E-state index contributed by atoms with van der Waals surface area (Å²) in [4.78, 5) is 24.1. The van der Waals surface area contributed by atoms with Crippen LogP contribution in [0.15, 0.2) is 24.3 Å². The number of alkyl carbamates (subject to hydrolysis) is 1. The van der Waals surface area contributed by atoms with Gasteiger partial charge < -0.3 is 20.3 Å². The van der Waals surface area contributed by atoms with Gasteiger partial charge >= 0.3 is 6.09 Å². The Bertz CT molecular complexity index is 859. The van der Waals surface area contributed by atoms with Crippen LogP contribution in [-0.4, -0.2) is 46.8 Å². The van der Waals surface area contributed by atoms with E-state index >= 15 is 0 Å². The average Bonchev–Trinajstić information content (AvgIpc) is 3.32. The third kappa shape index (κ3) is 4.46. The van der Waals surface area contributed by atoms with Crippen molar-refractivity contribution in [2.45, 2.75) is 64.1 Å². The number of carbonyl (C=O) groups is 1. The molecule has 28 heavy (non-hydrogen) atoms. The number of para-hydroxylation sites is 2. The summed E-state index contributed by atoms with van der Waals surface area (Å²) in [5.41, 5.74) is 1.30. The van der Waals surface area contributed by atoms with E-state index < -0.39 is 5.60 Å². The highest BCUT2D eigenvalue weighted by molar-refractivity contribution is 5.81. The lowest BCUT2D eigenvalue weighted by molar-refractivity contribution is 0.0525. The van der Waals surface area contributed by atoms with Crippen molar-refractivity contribution in [3.8, 4) is 0 Å². The van der Waals surface area contributed by atoms with Gasteiger partial charge in [-0.05, 0) is 58.6 Å². The molecule has 2 aliphatic rings. The molecule has 0 unspecified atom stereocenters. The Morgan fingerprint density at radius 2 is 1.89 bits per heavy atom. The van der Waals surface area contributed by atoms with Crippen LogP contribution in [0.25, 0.3) is 11.0 Å². The van der Waals surface area contributed by atoms with E-state index in [-0.39, 0.29) is 12.1 Å². The van der Waals surface area contributed by atoms with Crippen LogP contribution in [0, 0.1) is 0 Å². The predicted octanol–water partition coefficient (Wildman–Crippen LogP) is 3.70. The molecule has 1 aliphatic heterocycles. The van der Waals surface area contributed by atoms with Crippen molar-refractivity contribution >= 4 is 28.8 Å². The van der Waals surface area contributed by atoms with Crippen LogP contribution >= 0.6 is 0 Å². The summed E-state index contributed by atoms with van der Waals surface area (Å²) in [7, 11) is 0. The highest BCUT2D eigenvalue weighted by atomic mass is 16.6. The van der Waals surface area contributed by atoms with Gasteiger partial charge in [-0.3, -0.25) is 0 Å². The second kappa shape index (κ2) is 7.45. The number of aromatic nitrogens is 2. The van der Waals surface area contributed by atoms with Gasteiger partial charge in [0.05, 0.1) is 11.0 Å². The van der Waals surface area contributed by atoms with Crippen molar-refractivity contribution < 1.29 is 9.53 Å². The maximum Gasteiger partial charge on any atom is 0.407 e. The molecule has 1 atom stereocenters. The minimum Gasteiger partial charge on any atom is -0.444 e. The van der Waals surface area contributed by atoms with Gasteiger partial charge in [-0.1, -0.05) is 12.1 Å². The molecule has 0 radical (unpaired) electrons. The van der Waals surface area contributed by atoms with Gasteiger partial charge in [0.15, 0.2) is 11.6 Å². The maximum absolute atomic E-state index is 12.1. The van der Waals surface area contributed by atoms with Crippen molar-refractivity contribution in [1.29, 1.82) is 0 Å². The number of nitrogens with zero attached hydrogens (tertiary/aromatic N) is 3. The summed E-state index contributed by atoms with van der Waals surface area (Å²) in [5.74, 6) is 1.74. The standard InChI is InChI=1S/C21H29N5O2/c1-21(2,3)28-20(27)22-13-15-7-6-12-26(15)19-18(23-14-10-11-14)24-16-8-4-5-9-17(16)25-19/h4-5,8-9,14-15H,6-7,10-13H2,1-3H3,(H,22,27)(H,23,24)/t15-/m0/s1. The fourth-order valence-electron chi connectivity index (χ4n) is 3.55. The number of fused-ring (bicyclic) bond motifs is 1. The van der Waals surface area contributed by atoms with E-state index in [9.17, 15) is 4.79 Å². The van der Waals surface area contributed by atoms with E-state index in [0.29, 0.717) is 12.6 Å². The highest BCUT2D eigenvalue weighted by Crippen LogP contribution is 2.34. The molecule has 2 aromatic rings. The molecule has 7 heteroatoms. The van der Waals surface area contributed by atoms with Crippen LogP contribution in [0.4, 0.5) is 16.4 Å². The van der Waals surface area contributed by atoms with E-state index in [1.54, 1.807) is 0 Å². The van der Waals surface area contributed by atoms with Crippen LogP contribution in [0.2, 0.25) is 0 Å². The molecule has 1 aromatic heterocycles. The molecule has 1 amide bonds. The first-order valence-electron chi connectivity index (χ1n) is 10.2. The molecule has 2 heterocycles. The number of anilines is 2. The molecular weight excluding hydrogens is 354 g/mol. The molecule has 1 aliphatic carbocycles. The van der Waals surface area contributed by atoms with Crippen LogP contribution in [-0.2, 0) is 4.74 Å². The Hall–Kier alpha value is -2.57. The van der Waals surface area contributed by atoms with Gasteiger partial charge in [0.1, 0.15) is 5.60 Å². The molecule has 150 valence electrons. The first-order valence-corrected chi connectivity index (χ1v) is 10.2. The zero-order valence-corrected chi connectivity index (χ0v) is 16.9. The lowest BCUT2D eigenvalue weighted by atomic mass is 10.2. The van der Waals surface area contributed by atoms with Gasteiger partial charge in [-0.2, -0.15) is 0 Å². The molecule has 0 spiro atoms. The van der Waals surface area contributed by atoms with Gasteiger partial charge in [0.25, 0.3) is 0 Å². The molecule has 7 nitrogen and oxygen atoms in total. The number of rotatable bonds is 5. The van der Waals surface area contributed by atoms with Gasteiger partial charge in [-0.15, -0.1) is 0 Å². The molecule has 2 N–H and O–H groups in total. The highest BCUT2D eigenvalue weighted by Gasteiger charge is 2.31. The number of amides is 1. The van der Waals surface area contributed by atoms with Gasteiger partial charge in [0, 0.05) is 25.2 Å². The normalized spacial score (nSPS) is 19.7. The summed E-state index contributed by atoms with van der Waals surface area (Å²) in [6, 6.07) is 8.64. The van der Waals surface area contributed by atoms with Crippen molar-refractivity contribution in [2.75, 3.05) is 23.3 Å². The molecule has 4 rings (SSSR count). The number of hydrogen-bond acceptors (Lipinski definition) is 6. The van der Waals surface area contributed by atoms with Crippen LogP contribution < -0.4 is 15.5 Å². The molecule has 2 fully saturated rings. The topological polar surface area (TPSA) is 79.4 Å². The van der Waals surface area contributed by atoms with E-state index in [4.69, 9.17) is 14.7 Å². The van der Waals surface area contributed by atoms with Crippen molar-refractivity contribution in [1.82, 2.24) is 15.3 Å². The zero-order valence-electron chi connectivity index (χ0n) is 16.9. The average molecular weight is 383 g/mol. The number of hydrogen-bond donors (Lipinski definition) is 2. The molecule has 1 aromatic carbocycles. The number of ether oxygens (including phenoxy) is 1. The Balaban J connectivity index is 1.54. The van der Waals surface area contributed by atoms with E-state index in [1.165, 1.54) is 12.8 Å². The third-order valence-corrected chi connectivity index (χ3v) is 5.00. The smallest absolute Gasteiger partial charge is 0.407 e. The second-order valence-electron chi connectivity index (χ2n) is 8.68. The molecule has 1 saturated carbocycles. The second-order valence-corrected chi connectivity index (χ2v) is 8.68. The Kier molecular flexibility index (Phi) is 5.00. The summed E-state index contributed by atoms with van der Waals surface area (Å²) in [6.45, 7) is 7.05. The summed E-state index contributed by atoms with van der Waals surface area (Å²) < 4.78 is 5.37. The SMILES string of the molecule is CC(C)(C)OC(=O)NC[C@@H]1CCCN1c1nc2ccccc2nc1NC1CC1. The number of carbonyl (C=O) groups excluding carboxylic acids is 1. The Morgan fingerprint density at radius 1 is 1.18 bits per heavy atom. The number of benzene rings is 1. The van der Waals surface area contributed by atoms with E-state index in [1.807, 2.05) is 45.0 Å². The Labute approximate surface area is 165 Å². The van der Waals surface area contributed by atoms with Crippen LogP contribution in [0.1, 0.15) is 46.5 Å². The van der Waals surface area contributed by atoms with Gasteiger partial charge in [0.2, 0.25) is 0 Å². The fourth-order valence-corrected chi connectivity index (χ4v) is 3.55. The first kappa shape index (κ1) is 18.8. The van der Waals surface area contributed by atoms with Gasteiger partial charge in [-0.25, -0.2) is 14.8 Å². The molecule has 1 saturated heterocycles. The number of nitrogens with one attached hydrogen (secondary N) is 2. The van der Waals surface area contributed by atoms with Crippen LogP contribution in [0.5, 0.6) is 0 Å². The van der Waals surface area contributed by atoms with Crippen molar-refractivity contribution in [3.63, 3.8) is 0 Å². The first-order chi connectivity index (χ1) is 13.4. The summed E-state index contributed by atoms with van der Waals surface area (Å²) >= 11 is 0. The summed E-state index contributed by atoms with van der Waals surface area (Å²) in [6.07, 6.45) is 4.06. The maximum atomic E-state index is 12.1. The minimum absolute atomic E-state index is 0.183. The third-order valence-electron chi connectivity index (χ3n) is 5.00. The summed E-state index contributed by atoms with van der Waals surface area (Å²) in [5, 5.41) is 6.46. The quantitative estimate of drug-likeness (QED) is 0.820.